The van der Waals surface area contributed by atoms with E-state index in [1.165, 1.54) is 11.3 Å². The average molecular weight is 393 g/mol. The minimum Gasteiger partial charge on any atom is -0.477 e. The van der Waals surface area contributed by atoms with E-state index in [1.807, 2.05) is 22.4 Å². The van der Waals surface area contributed by atoms with E-state index in [0.29, 0.717) is 44.0 Å². The van der Waals surface area contributed by atoms with Gasteiger partial charge in [0.15, 0.2) is 0 Å². The fourth-order valence-electron chi connectivity index (χ4n) is 3.69. The number of carboxylic acid groups (broad SMARTS) is 1. The van der Waals surface area contributed by atoms with Gasteiger partial charge >= 0.3 is 12.0 Å². The number of carbonyl (C=O) groups excluding carboxylic acids is 1. The molecule has 0 aliphatic carbocycles. The lowest BCUT2D eigenvalue weighted by molar-refractivity contribution is -0.0917. The Kier molecular flexibility index (Phi) is 4.73. The summed E-state index contributed by atoms with van der Waals surface area (Å²) in [4.78, 5) is 28.2. The van der Waals surface area contributed by atoms with Crippen molar-refractivity contribution in [2.75, 3.05) is 19.7 Å². The molecule has 6 nitrogen and oxygen atoms in total. The summed E-state index contributed by atoms with van der Waals surface area (Å²) in [6.07, 6.45) is 2.16. The van der Waals surface area contributed by atoms with Crippen LogP contribution in [0.25, 0.3) is 0 Å². The number of fused-ring (bicyclic) bond motifs is 2. The summed E-state index contributed by atoms with van der Waals surface area (Å²) < 4.78 is 6.13. The minimum atomic E-state index is -0.884. The first kappa shape index (κ1) is 17.5. The van der Waals surface area contributed by atoms with E-state index in [-0.39, 0.29) is 6.03 Å². The number of ether oxygens (including phenoxy) is 1. The summed E-state index contributed by atoms with van der Waals surface area (Å²) in [5, 5.41) is 14.2. The molecule has 0 aromatic carbocycles. The first-order valence-electron chi connectivity index (χ1n) is 8.63. The van der Waals surface area contributed by atoms with Crippen molar-refractivity contribution < 1.29 is 19.4 Å². The van der Waals surface area contributed by atoms with Crippen molar-refractivity contribution in [1.29, 1.82) is 0 Å². The smallest absolute Gasteiger partial charge is 0.345 e. The lowest BCUT2D eigenvalue weighted by Gasteiger charge is -2.44. The standard InChI is InChI=1S/C18H20N2O4S2/c21-16(22)15-10-13-14(26-15)3-8-24-18(13)4-6-20(7-5-18)17(23)19-11-12-2-1-9-25-12/h1-2,9-10H,3-8,11H2,(H,19,23)(H,21,22). The van der Waals surface area contributed by atoms with Crippen LogP contribution in [0.15, 0.2) is 23.6 Å². The summed E-state index contributed by atoms with van der Waals surface area (Å²) >= 11 is 2.98. The molecule has 2 N–H and O–H groups in total. The molecule has 26 heavy (non-hydrogen) atoms. The minimum absolute atomic E-state index is 0.0548. The Morgan fingerprint density at radius 3 is 2.85 bits per heavy atom. The molecule has 4 rings (SSSR count). The average Bonchev–Trinajstić information content (AvgIpc) is 3.31. The summed E-state index contributed by atoms with van der Waals surface area (Å²) in [5.74, 6) is -0.884. The highest BCUT2D eigenvalue weighted by Gasteiger charge is 2.43. The Labute approximate surface area is 159 Å². The number of likely N-dealkylation sites (tertiary alicyclic amines) is 1. The second-order valence-corrected chi connectivity index (χ2v) is 8.74. The number of hydrogen-bond acceptors (Lipinski definition) is 5. The molecule has 0 atom stereocenters. The molecule has 0 unspecified atom stereocenters. The van der Waals surface area contributed by atoms with Gasteiger partial charge < -0.3 is 20.1 Å². The zero-order chi connectivity index (χ0) is 18.1. The fourth-order valence-corrected chi connectivity index (χ4v) is 5.41. The van der Waals surface area contributed by atoms with Crippen molar-refractivity contribution in [3.63, 3.8) is 0 Å². The van der Waals surface area contributed by atoms with Gasteiger partial charge in [-0.3, -0.25) is 0 Å². The van der Waals surface area contributed by atoms with Crippen LogP contribution in [-0.4, -0.2) is 41.7 Å². The lowest BCUT2D eigenvalue weighted by Crippen LogP contribution is -2.50. The van der Waals surface area contributed by atoms with E-state index in [2.05, 4.69) is 5.32 Å². The predicted octanol–water partition coefficient (Wildman–Crippen LogP) is 3.28. The topological polar surface area (TPSA) is 78.9 Å². The number of piperidine rings is 1. The number of urea groups is 1. The maximum Gasteiger partial charge on any atom is 0.345 e. The number of amides is 2. The van der Waals surface area contributed by atoms with Gasteiger partial charge in [-0.25, -0.2) is 9.59 Å². The van der Waals surface area contributed by atoms with Crippen LogP contribution < -0.4 is 5.32 Å². The molecule has 1 saturated heterocycles. The molecule has 2 aliphatic rings. The fraction of sp³-hybridized carbons (Fsp3) is 0.444. The zero-order valence-corrected chi connectivity index (χ0v) is 15.8. The second kappa shape index (κ2) is 7.02. The van der Waals surface area contributed by atoms with Crippen molar-refractivity contribution in [3.8, 4) is 0 Å². The van der Waals surface area contributed by atoms with Gasteiger partial charge in [-0.2, -0.15) is 0 Å². The number of hydrogen-bond donors (Lipinski definition) is 2. The van der Waals surface area contributed by atoms with Crippen LogP contribution in [0.4, 0.5) is 4.79 Å². The number of nitrogens with one attached hydrogen (secondary N) is 1. The molecule has 1 spiro atoms. The molecule has 138 valence electrons. The van der Waals surface area contributed by atoms with E-state index in [4.69, 9.17) is 4.74 Å². The molecule has 0 radical (unpaired) electrons. The van der Waals surface area contributed by atoms with E-state index >= 15 is 0 Å². The monoisotopic (exact) mass is 392 g/mol. The molecule has 0 bridgehead atoms. The highest BCUT2D eigenvalue weighted by molar-refractivity contribution is 7.14. The Hall–Kier alpha value is -1.90. The Balaban J connectivity index is 1.42. The molecular formula is C18H20N2O4S2. The van der Waals surface area contributed by atoms with Crippen LogP contribution in [0.1, 0.15) is 37.8 Å². The van der Waals surface area contributed by atoms with Crippen molar-refractivity contribution in [2.24, 2.45) is 0 Å². The zero-order valence-electron chi connectivity index (χ0n) is 14.2. The molecule has 0 saturated carbocycles. The van der Waals surface area contributed by atoms with Gasteiger partial charge in [0.05, 0.1) is 18.8 Å². The van der Waals surface area contributed by atoms with E-state index in [0.717, 1.165) is 21.7 Å². The number of thiophene rings is 2. The maximum atomic E-state index is 12.4. The van der Waals surface area contributed by atoms with Gasteiger partial charge in [0.1, 0.15) is 4.88 Å². The van der Waals surface area contributed by atoms with Crippen molar-refractivity contribution in [2.45, 2.75) is 31.4 Å². The van der Waals surface area contributed by atoms with Crippen molar-refractivity contribution in [3.05, 3.63) is 43.8 Å². The van der Waals surface area contributed by atoms with Crippen molar-refractivity contribution >= 4 is 34.7 Å². The molecule has 2 aromatic heterocycles. The highest BCUT2D eigenvalue weighted by Crippen LogP contribution is 2.44. The van der Waals surface area contributed by atoms with Gasteiger partial charge in [-0.05, 0) is 35.9 Å². The van der Waals surface area contributed by atoms with Crippen molar-refractivity contribution in [1.82, 2.24) is 10.2 Å². The number of rotatable bonds is 3. The van der Waals surface area contributed by atoms with E-state index in [1.54, 1.807) is 17.4 Å². The van der Waals surface area contributed by atoms with Crippen LogP contribution in [0.3, 0.4) is 0 Å². The summed E-state index contributed by atoms with van der Waals surface area (Å²) in [6, 6.07) is 5.69. The first-order valence-corrected chi connectivity index (χ1v) is 10.3. The van der Waals surface area contributed by atoms with E-state index < -0.39 is 11.6 Å². The van der Waals surface area contributed by atoms with Gasteiger partial charge in [-0.15, -0.1) is 22.7 Å². The molecule has 8 heteroatoms. The van der Waals surface area contributed by atoms with Crippen LogP contribution in [0.5, 0.6) is 0 Å². The van der Waals surface area contributed by atoms with Crippen LogP contribution in [-0.2, 0) is 23.3 Å². The third-order valence-corrected chi connectivity index (χ3v) is 7.13. The summed E-state index contributed by atoms with van der Waals surface area (Å²) in [6.45, 7) is 2.37. The van der Waals surface area contributed by atoms with Gasteiger partial charge in [-0.1, -0.05) is 6.07 Å². The molecular weight excluding hydrogens is 372 g/mol. The molecule has 2 amide bonds. The second-order valence-electron chi connectivity index (χ2n) is 6.57. The molecule has 1 fully saturated rings. The first-order chi connectivity index (χ1) is 12.6. The third kappa shape index (κ3) is 3.24. The normalized spacial score (nSPS) is 18.5. The Morgan fingerprint density at radius 1 is 1.35 bits per heavy atom. The number of nitrogens with zero attached hydrogens (tertiary/aromatic N) is 1. The number of carboxylic acids is 1. The Bertz CT molecular complexity index is 807. The highest BCUT2D eigenvalue weighted by atomic mass is 32.1. The Morgan fingerprint density at radius 2 is 2.15 bits per heavy atom. The quantitative estimate of drug-likeness (QED) is 0.840. The van der Waals surface area contributed by atoms with E-state index in [9.17, 15) is 14.7 Å². The number of carbonyl (C=O) groups is 2. The lowest BCUT2D eigenvalue weighted by atomic mass is 9.82. The maximum absolute atomic E-state index is 12.4. The summed E-state index contributed by atoms with van der Waals surface area (Å²) in [7, 11) is 0. The summed E-state index contributed by atoms with van der Waals surface area (Å²) in [5.41, 5.74) is 0.576. The molecule has 2 aromatic rings. The van der Waals surface area contributed by atoms with Gasteiger partial charge in [0.2, 0.25) is 0 Å². The van der Waals surface area contributed by atoms with Crippen LogP contribution in [0, 0.1) is 0 Å². The van der Waals surface area contributed by atoms with Crippen LogP contribution in [0.2, 0.25) is 0 Å². The number of aromatic carboxylic acids is 1. The third-order valence-electron chi connectivity index (χ3n) is 5.07. The van der Waals surface area contributed by atoms with Gasteiger partial charge in [0.25, 0.3) is 0 Å². The predicted molar refractivity (Wildman–Crippen MR) is 100.0 cm³/mol. The molecule has 4 heterocycles. The largest absolute Gasteiger partial charge is 0.477 e. The van der Waals surface area contributed by atoms with Gasteiger partial charge in [0, 0.05) is 29.3 Å². The molecule has 2 aliphatic heterocycles. The SMILES string of the molecule is O=C(O)c1cc2c(s1)CCOC21CCN(C(=O)NCc2cccs2)CC1. The van der Waals surface area contributed by atoms with Crippen LogP contribution >= 0.6 is 22.7 Å².